The van der Waals surface area contributed by atoms with Crippen LogP contribution in [0.15, 0.2) is 30.6 Å². The number of pyridine rings is 1. The molecule has 2 N–H and O–H groups in total. The minimum atomic E-state index is 0.213. The zero-order valence-corrected chi connectivity index (χ0v) is 13.2. The zero-order valence-electron chi connectivity index (χ0n) is 11.6. The number of rotatable bonds is 2. The van der Waals surface area contributed by atoms with Crippen molar-refractivity contribution in [1.82, 2.24) is 14.5 Å². The third-order valence-corrected chi connectivity index (χ3v) is 3.87. The van der Waals surface area contributed by atoms with E-state index < -0.39 is 0 Å². The molecule has 3 aromatic rings. The van der Waals surface area contributed by atoms with Gasteiger partial charge in [0.2, 0.25) is 0 Å². The van der Waals surface area contributed by atoms with Gasteiger partial charge < -0.3 is 10.3 Å². The van der Waals surface area contributed by atoms with Crippen LogP contribution in [-0.2, 0) is 0 Å². The topological polar surface area (TPSA) is 56.7 Å². The Morgan fingerprint density at radius 3 is 2.71 bits per heavy atom. The van der Waals surface area contributed by atoms with Gasteiger partial charge in [0, 0.05) is 22.8 Å². The molecule has 108 valence electrons. The van der Waals surface area contributed by atoms with Gasteiger partial charge in [-0.15, -0.1) is 0 Å². The molecule has 2 aromatic heterocycles. The molecule has 0 saturated carbocycles. The molecule has 0 bridgehead atoms. The van der Waals surface area contributed by atoms with Crippen molar-refractivity contribution in [2.24, 2.45) is 0 Å². The quantitative estimate of drug-likeness (QED) is 0.704. The molecule has 21 heavy (non-hydrogen) atoms. The van der Waals surface area contributed by atoms with E-state index in [1.54, 1.807) is 24.5 Å². The van der Waals surface area contributed by atoms with Gasteiger partial charge in [0.15, 0.2) is 0 Å². The molecule has 0 saturated heterocycles. The van der Waals surface area contributed by atoms with Gasteiger partial charge in [-0.3, -0.25) is 4.98 Å². The predicted molar refractivity (Wildman–Crippen MR) is 87.8 cm³/mol. The fraction of sp³-hybridized carbons (Fsp3) is 0.200. The van der Waals surface area contributed by atoms with E-state index >= 15 is 0 Å². The number of aromatic nitrogens is 3. The molecule has 0 fully saturated rings. The summed E-state index contributed by atoms with van der Waals surface area (Å²) in [6.45, 7) is 4.18. The summed E-state index contributed by atoms with van der Waals surface area (Å²) in [6.07, 6.45) is 3.49. The molecule has 0 aliphatic heterocycles. The number of imidazole rings is 1. The largest absolute Gasteiger partial charge is 0.397 e. The maximum Gasteiger partial charge on any atom is 0.143 e. The Morgan fingerprint density at radius 2 is 2.00 bits per heavy atom. The van der Waals surface area contributed by atoms with Gasteiger partial charge in [-0.25, -0.2) is 4.98 Å². The summed E-state index contributed by atoms with van der Waals surface area (Å²) >= 11 is 12.3. The minimum absolute atomic E-state index is 0.213. The van der Waals surface area contributed by atoms with Crippen LogP contribution in [0.2, 0.25) is 10.0 Å². The van der Waals surface area contributed by atoms with Crippen LogP contribution in [0.4, 0.5) is 5.69 Å². The van der Waals surface area contributed by atoms with Gasteiger partial charge in [0.25, 0.3) is 0 Å². The van der Waals surface area contributed by atoms with Gasteiger partial charge in [-0.1, -0.05) is 23.2 Å². The molecule has 0 spiro atoms. The first kappa shape index (κ1) is 14.2. The van der Waals surface area contributed by atoms with E-state index in [-0.39, 0.29) is 6.04 Å². The van der Waals surface area contributed by atoms with Crippen LogP contribution in [-0.4, -0.2) is 14.5 Å². The number of fused-ring (bicyclic) bond motifs is 1. The zero-order chi connectivity index (χ0) is 15.1. The second-order valence-electron chi connectivity index (χ2n) is 5.11. The summed E-state index contributed by atoms with van der Waals surface area (Å²) in [7, 11) is 0. The molecule has 0 amide bonds. The highest BCUT2D eigenvalue weighted by atomic mass is 35.5. The van der Waals surface area contributed by atoms with Crippen molar-refractivity contribution >= 4 is 39.9 Å². The molecule has 0 aliphatic carbocycles. The van der Waals surface area contributed by atoms with Crippen molar-refractivity contribution in [2.45, 2.75) is 19.9 Å². The molecule has 0 atom stereocenters. The monoisotopic (exact) mass is 320 g/mol. The van der Waals surface area contributed by atoms with Crippen molar-refractivity contribution in [2.75, 3.05) is 5.73 Å². The molecule has 6 heteroatoms. The van der Waals surface area contributed by atoms with E-state index in [1.807, 2.05) is 6.07 Å². The summed E-state index contributed by atoms with van der Waals surface area (Å²) in [4.78, 5) is 8.77. The smallest absolute Gasteiger partial charge is 0.143 e. The molecule has 0 aliphatic rings. The number of hydrogen-bond donors (Lipinski definition) is 1. The van der Waals surface area contributed by atoms with Crippen LogP contribution in [0.25, 0.3) is 22.4 Å². The highest BCUT2D eigenvalue weighted by molar-refractivity contribution is 6.37. The molecular weight excluding hydrogens is 307 g/mol. The maximum absolute atomic E-state index is 6.14. The highest BCUT2D eigenvalue weighted by Gasteiger charge is 2.18. The lowest BCUT2D eigenvalue weighted by molar-refractivity contribution is 0.624. The second kappa shape index (κ2) is 5.20. The summed E-state index contributed by atoms with van der Waals surface area (Å²) in [5.74, 6) is 0.745. The van der Waals surface area contributed by atoms with Crippen LogP contribution in [0.3, 0.4) is 0 Å². The summed E-state index contributed by atoms with van der Waals surface area (Å²) < 4.78 is 2.11. The van der Waals surface area contributed by atoms with E-state index in [9.17, 15) is 0 Å². The first-order chi connectivity index (χ1) is 9.99. The van der Waals surface area contributed by atoms with Crippen molar-refractivity contribution in [3.8, 4) is 11.4 Å². The van der Waals surface area contributed by atoms with Crippen molar-refractivity contribution in [1.29, 1.82) is 0 Å². The van der Waals surface area contributed by atoms with Crippen molar-refractivity contribution in [3.05, 3.63) is 40.6 Å². The fourth-order valence-electron chi connectivity index (χ4n) is 2.43. The molecule has 4 nitrogen and oxygen atoms in total. The Labute approximate surface area is 132 Å². The van der Waals surface area contributed by atoms with Crippen LogP contribution in [0, 0.1) is 0 Å². The average Bonchev–Trinajstić information content (AvgIpc) is 2.82. The van der Waals surface area contributed by atoms with Gasteiger partial charge in [-0.05, 0) is 32.0 Å². The Kier molecular flexibility index (Phi) is 3.51. The van der Waals surface area contributed by atoms with Gasteiger partial charge >= 0.3 is 0 Å². The SMILES string of the molecule is CC(C)n1c(-c2cc(Cl)cc(Cl)c2N)nc2cnccc21. The van der Waals surface area contributed by atoms with E-state index in [4.69, 9.17) is 28.9 Å². The third kappa shape index (κ3) is 2.34. The first-order valence-electron chi connectivity index (χ1n) is 6.56. The summed E-state index contributed by atoms with van der Waals surface area (Å²) in [5, 5.41) is 0.961. The molecule has 0 radical (unpaired) electrons. The van der Waals surface area contributed by atoms with Gasteiger partial charge in [-0.2, -0.15) is 0 Å². The lowest BCUT2D eigenvalue weighted by Crippen LogP contribution is -2.04. The van der Waals surface area contributed by atoms with Crippen molar-refractivity contribution in [3.63, 3.8) is 0 Å². The molecule has 0 unspecified atom stereocenters. The third-order valence-electron chi connectivity index (χ3n) is 3.34. The molecular formula is C15H14Cl2N4. The number of nitrogens with two attached hydrogens (primary N) is 1. The van der Waals surface area contributed by atoms with E-state index in [2.05, 4.69) is 28.4 Å². The summed E-state index contributed by atoms with van der Waals surface area (Å²) in [6, 6.07) is 5.57. The van der Waals surface area contributed by atoms with E-state index in [1.165, 1.54) is 0 Å². The first-order valence-corrected chi connectivity index (χ1v) is 7.31. The van der Waals surface area contributed by atoms with Gasteiger partial charge in [0.1, 0.15) is 11.3 Å². The lowest BCUT2D eigenvalue weighted by Gasteiger charge is -2.15. The Hall–Kier alpha value is -1.78. The fourth-order valence-corrected chi connectivity index (χ4v) is 2.93. The highest BCUT2D eigenvalue weighted by Crippen LogP contribution is 2.36. The molecule has 3 rings (SSSR count). The van der Waals surface area contributed by atoms with Crippen molar-refractivity contribution < 1.29 is 0 Å². The number of benzene rings is 1. The van der Waals surface area contributed by atoms with Gasteiger partial charge in [0.05, 0.1) is 22.4 Å². The lowest BCUT2D eigenvalue weighted by atomic mass is 10.1. The van der Waals surface area contributed by atoms with Crippen LogP contribution < -0.4 is 5.73 Å². The second-order valence-corrected chi connectivity index (χ2v) is 5.96. The maximum atomic E-state index is 6.14. The number of hydrogen-bond acceptors (Lipinski definition) is 3. The Bertz CT molecular complexity index is 824. The predicted octanol–water partition coefficient (Wildman–Crippen LogP) is 4.57. The van der Waals surface area contributed by atoms with Crippen LogP contribution in [0.1, 0.15) is 19.9 Å². The number of halogens is 2. The standard InChI is InChI=1S/C15H14Cl2N4/c1-8(2)21-13-3-4-19-7-12(13)20-15(21)10-5-9(16)6-11(17)14(10)18/h3-8H,18H2,1-2H3. The Balaban J connectivity index is 2.38. The Morgan fingerprint density at radius 1 is 1.24 bits per heavy atom. The van der Waals surface area contributed by atoms with Crippen LogP contribution in [0.5, 0.6) is 0 Å². The van der Waals surface area contributed by atoms with E-state index in [0.29, 0.717) is 15.7 Å². The summed E-state index contributed by atoms with van der Waals surface area (Å²) in [5.41, 5.74) is 9.15. The normalized spacial score (nSPS) is 11.5. The molecule has 1 aromatic carbocycles. The number of nitrogen functional groups attached to an aromatic ring is 1. The number of anilines is 1. The average molecular weight is 321 g/mol. The number of nitrogens with zero attached hydrogens (tertiary/aromatic N) is 3. The molecule has 2 heterocycles. The van der Waals surface area contributed by atoms with E-state index in [0.717, 1.165) is 22.4 Å². The van der Waals surface area contributed by atoms with Crippen LogP contribution >= 0.6 is 23.2 Å². The minimum Gasteiger partial charge on any atom is -0.397 e.